The highest BCUT2D eigenvalue weighted by Gasteiger charge is 2.23. The molecular weight excluding hydrogens is 376 g/mol. The molecule has 0 aliphatic heterocycles. The molecule has 0 saturated carbocycles. The number of amides is 1. The quantitative estimate of drug-likeness (QED) is 0.437. The molecule has 0 saturated heterocycles. The number of hydrogen-bond donors (Lipinski definition) is 0. The van der Waals surface area contributed by atoms with E-state index in [0.29, 0.717) is 30.9 Å². The van der Waals surface area contributed by atoms with Crippen molar-refractivity contribution in [1.29, 1.82) is 0 Å². The third-order valence-corrected chi connectivity index (χ3v) is 5.60. The standard InChI is InChI=1S/C20H22N4O3S/c1-4-23(5-2)17-11-10-14(24(26)27)12-15(17)20(25)22(3)13-19-21-16-8-6-7-9-18(16)28-19/h6-12H,4-5,13H2,1-3H3. The minimum absolute atomic E-state index is 0.0901. The van der Waals surface area contributed by atoms with Crippen LogP contribution in [0.5, 0.6) is 0 Å². The largest absolute Gasteiger partial charge is 0.371 e. The van der Waals surface area contributed by atoms with Crippen molar-refractivity contribution in [3.63, 3.8) is 0 Å². The Morgan fingerprint density at radius 1 is 1.18 bits per heavy atom. The number of para-hydroxylation sites is 1. The van der Waals surface area contributed by atoms with Crippen LogP contribution in [0.1, 0.15) is 29.2 Å². The lowest BCUT2D eigenvalue weighted by molar-refractivity contribution is -0.384. The van der Waals surface area contributed by atoms with Gasteiger partial charge in [0.25, 0.3) is 11.6 Å². The molecule has 8 heteroatoms. The first kappa shape index (κ1) is 19.8. The van der Waals surface area contributed by atoms with E-state index in [2.05, 4.69) is 4.98 Å². The molecule has 1 heterocycles. The van der Waals surface area contributed by atoms with E-state index in [9.17, 15) is 14.9 Å². The second-order valence-corrected chi connectivity index (χ2v) is 7.48. The first-order valence-electron chi connectivity index (χ1n) is 9.07. The second-order valence-electron chi connectivity index (χ2n) is 6.37. The van der Waals surface area contributed by atoms with E-state index in [1.807, 2.05) is 43.0 Å². The van der Waals surface area contributed by atoms with Gasteiger partial charge in [-0.3, -0.25) is 14.9 Å². The summed E-state index contributed by atoms with van der Waals surface area (Å²) in [7, 11) is 1.69. The molecule has 7 nitrogen and oxygen atoms in total. The number of nitro groups is 1. The van der Waals surface area contributed by atoms with Gasteiger partial charge in [-0.15, -0.1) is 11.3 Å². The van der Waals surface area contributed by atoms with Crippen LogP contribution < -0.4 is 4.90 Å². The number of non-ortho nitro benzene ring substituents is 1. The zero-order chi connectivity index (χ0) is 20.3. The van der Waals surface area contributed by atoms with Crippen LogP contribution in [-0.2, 0) is 6.54 Å². The highest BCUT2D eigenvalue weighted by atomic mass is 32.1. The van der Waals surface area contributed by atoms with Crippen LogP contribution in [0.4, 0.5) is 11.4 Å². The van der Waals surface area contributed by atoms with Gasteiger partial charge in [-0.1, -0.05) is 12.1 Å². The molecule has 146 valence electrons. The summed E-state index contributed by atoms with van der Waals surface area (Å²) in [4.78, 5) is 32.0. The fraction of sp³-hybridized carbons (Fsp3) is 0.300. The summed E-state index contributed by atoms with van der Waals surface area (Å²) in [6.45, 7) is 5.74. The SMILES string of the molecule is CCN(CC)c1ccc([N+](=O)[O-])cc1C(=O)N(C)Cc1nc2ccccc2s1. The molecule has 3 rings (SSSR count). The topological polar surface area (TPSA) is 79.6 Å². The average molecular weight is 398 g/mol. The van der Waals surface area contributed by atoms with Crippen LogP contribution in [0.3, 0.4) is 0 Å². The summed E-state index contributed by atoms with van der Waals surface area (Å²) >= 11 is 1.54. The molecule has 0 N–H and O–H groups in total. The predicted octanol–water partition coefficient (Wildman–Crippen LogP) is 4.32. The van der Waals surface area contributed by atoms with E-state index in [0.717, 1.165) is 15.2 Å². The molecule has 0 radical (unpaired) electrons. The van der Waals surface area contributed by atoms with Gasteiger partial charge < -0.3 is 9.80 Å². The highest BCUT2D eigenvalue weighted by Crippen LogP contribution is 2.28. The summed E-state index contributed by atoms with van der Waals surface area (Å²) in [6, 6.07) is 12.3. The summed E-state index contributed by atoms with van der Waals surface area (Å²) in [5.41, 5.74) is 1.86. The third-order valence-electron chi connectivity index (χ3n) is 4.58. The number of carbonyl (C=O) groups is 1. The Morgan fingerprint density at radius 3 is 2.54 bits per heavy atom. The Morgan fingerprint density at radius 2 is 1.89 bits per heavy atom. The van der Waals surface area contributed by atoms with E-state index >= 15 is 0 Å². The molecule has 0 spiro atoms. The molecule has 2 aromatic carbocycles. The number of nitro benzene ring substituents is 1. The van der Waals surface area contributed by atoms with Gasteiger partial charge in [-0.2, -0.15) is 0 Å². The van der Waals surface area contributed by atoms with Gasteiger partial charge in [-0.25, -0.2) is 4.98 Å². The minimum atomic E-state index is -0.476. The van der Waals surface area contributed by atoms with Crippen LogP contribution in [0.15, 0.2) is 42.5 Å². The van der Waals surface area contributed by atoms with Gasteiger partial charge in [0.15, 0.2) is 0 Å². The summed E-state index contributed by atoms with van der Waals surface area (Å²) < 4.78 is 1.07. The van der Waals surface area contributed by atoms with Crippen molar-refractivity contribution in [2.24, 2.45) is 0 Å². The van der Waals surface area contributed by atoms with Crippen molar-refractivity contribution in [2.45, 2.75) is 20.4 Å². The molecule has 0 atom stereocenters. The summed E-state index contributed by atoms with van der Waals surface area (Å²) in [5, 5.41) is 12.0. The zero-order valence-electron chi connectivity index (χ0n) is 16.1. The lowest BCUT2D eigenvalue weighted by Gasteiger charge is -2.25. The lowest BCUT2D eigenvalue weighted by Crippen LogP contribution is -2.30. The Labute approximate surface area is 167 Å². The maximum atomic E-state index is 13.1. The van der Waals surface area contributed by atoms with Gasteiger partial charge >= 0.3 is 0 Å². The van der Waals surface area contributed by atoms with E-state index in [4.69, 9.17) is 0 Å². The van der Waals surface area contributed by atoms with Gasteiger partial charge in [0.05, 0.1) is 32.9 Å². The molecule has 1 amide bonds. The van der Waals surface area contributed by atoms with Crippen LogP contribution in [0, 0.1) is 10.1 Å². The molecule has 0 aliphatic rings. The smallest absolute Gasteiger partial charge is 0.270 e. The van der Waals surface area contributed by atoms with Crippen LogP contribution in [0.25, 0.3) is 10.2 Å². The summed E-state index contributed by atoms with van der Waals surface area (Å²) in [5.74, 6) is -0.259. The number of rotatable bonds is 7. The van der Waals surface area contributed by atoms with E-state index < -0.39 is 4.92 Å². The normalized spacial score (nSPS) is 10.8. The average Bonchev–Trinajstić information content (AvgIpc) is 3.10. The summed E-state index contributed by atoms with van der Waals surface area (Å²) in [6.07, 6.45) is 0. The van der Waals surface area contributed by atoms with Crippen molar-refractivity contribution < 1.29 is 9.72 Å². The maximum absolute atomic E-state index is 13.1. The number of hydrogen-bond acceptors (Lipinski definition) is 6. The van der Waals surface area contributed by atoms with Crippen molar-refractivity contribution in [2.75, 3.05) is 25.0 Å². The van der Waals surface area contributed by atoms with Crippen molar-refractivity contribution in [1.82, 2.24) is 9.88 Å². The number of carbonyl (C=O) groups excluding carboxylic acids is 1. The fourth-order valence-electron chi connectivity index (χ4n) is 3.12. The van der Waals surface area contributed by atoms with Crippen molar-refractivity contribution in [3.8, 4) is 0 Å². The fourth-order valence-corrected chi connectivity index (χ4v) is 4.14. The number of aromatic nitrogens is 1. The Balaban J connectivity index is 1.92. The van der Waals surface area contributed by atoms with Crippen LogP contribution >= 0.6 is 11.3 Å². The molecule has 0 aliphatic carbocycles. The Kier molecular flexibility index (Phi) is 5.89. The molecule has 0 unspecified atom stereocenters. The van der Waals surface area contributed by atoms with Crippen molar-refractivity contribution in [3.05, 3.63) is 63.1 Å². The van der Waals surface area contributed by atoms with Gasteiger partial charge in [-0.05, 0) is 32.0 Å². The molecule has 1 aromatic heterocycles. The molecule has 28 heavy (non-hydrogen) atoms. The number of thiazole rings is 1. The third kappa shape index (κ3) is 3.96. The van der Waals surface area contributed by atoms with Crippen LogP contribution in [0.2, 0.25) is 0 Å². The maximum Gasteiger partial charge on any atom is 0.270 e. The molecule has 0 fully saturated rings. The number of anilines is 1. The van der Waals surface area contributed by atoms with Crippen LogP contribution in [-0.4, -0.2) is 40.9 Å². The van der Waals surface area contributed by atoms with E-state index in [-0.39, 0.29) is 11.6 Å². The molecular formula is C20H22N4O3S. The monoisotopic (exact) mass is 398 g/mol. The number of fused-ring (bicyclic) bond motifs is 1. The first-order valence-corrected chi connectivity index (χ1v) is 9.89. The number of nitrogens with zero attached hydrogens (tertiary/aromatic N) is 4. The van der Waals surface area contributed by atoms with E-state index in [1.165, 1.54) is 12.1 Å². The number of benzene rings is 2. The van der Waals surface area contributed by atoms with Crippen molar-refractivity contribution >= 4 is 38.8 Å². The minimum Gasteiger partial charge on any atom is -0.371 e. The Hall–Kier alpha value is -3.00. The first-order chi connectivity index (χ1) is 13.4. The lowest BCUT2D eigenvalue weighted by atomic mass is 10.1. The molecule has 0 bridgehead atoms. The zero-order valence-corrected chi connectivity index (χ0v) is 16.9. The molecule has 3 aromatic rings. The van der Waals surface area contributed by atoms with Gasteiger partial charge in [0.1, 0.15) is 5.01 Å². The van der Waals surface area contributed by atoms with Gasteiger partial charge in [0, 0.05) is 32.3 Å². The highest BCUT2D eigenvalue weighted by molar-refractivity contribution is 7.18. The van der Waals surface area contributed by atoms with Gasteiger partial charge in [0.2, 0.25) is 0 Å². The van der Waals surface area contributed by atoms with E-state index in [1.54, 1.807) is 29.4 Å². The second kappa shape index (κ2) is 8.35. The Bertz CT molecular complexity index is 981. The predicted molar refractivity (Wildman–Crippen MR) is 112 cm³/mol.